The van der Waals surface area contributed by atoms with Crippen molar-refractivity contribution in [2.24, 2.45) is 0 Å². The van der Waals surface area contributed by atoms with Crippen LogP contribution < -0.4 is 10.6 Å². The van der Waals surface area contributed by atoms with Gasteiger partial charge in [0.05, 0.1) is 12.6 Å². The summed E-state index contributed by atoms with van der Waals surface area (Å²) < 4.78 is 5.16. The molecule has 0 spiro atoms. The Morgan fingerprint density at radius 2 is 2.10 bits per heavy atom. The molecule has 1 aromatic rings. The van der Waals surface area contributed by atoms with E-state index in [0.717, 1.165) is 36.9 Å². The number of hydrogen-bond donors (Lipinski definition) is 2. The highest BCUT2D eigenvalue weighted by atomic mass is 16.5. The molecular weight excluding hydrogens is 252 g/mol. The van der Waals surface area contributed by atoms with Crippen molar-refractivity contribution >= 4 is 5.91 Å². The minimum absolute atomic E-state index is 0.00722. The van der Waals surface area contributed by atoms with E-state index >= 15 is 0 Å². The molecule has 1 rings (SSSR count). The highest BCUT2D eigenvalue weighted by Gasteiger charge is 2.15. The molecule has 0 heterocycles. The van der Waals surface area contributed by atoms with Crippen LogP contribution in [0.25, 0.3) is 0 Å². The van der Waals surface area contributed by atoms with Crippen molar-refractivity contribution in [1.29, 1.82) is 0 Å². The Balaban J connectivity index is 2.74. The summed E-state index contributed by atoms with van der Waals surface area (Å²) in [7, 11) is 3.58. The van der Waals surface area contributed by atoms with Crippen molar-refractivity contribution in [2.45, 2.75) is 32.2 Å². The molecule has 2 N–H and O–H groups in total. The Labute approximate surface area is 121 Å². The van der Waals surface area contributed by atoms with Crippen LogP contribution in [0.3, 0.4) is 0 Å². The first-order valence-corrected chi connectivity index (χ1v) is 7.25. The summed E-state index contributed by atoms with van der Waals surface area (Å²) in [6.45, 7) is 3.52. The zero-order chi connectivity index (χ0) is 14.8. The Morgan fingerprint density at radius 3 is 2.75 bits per heavy atom. The summed E-state index contributed by atoms with van der Waals surface area (Å²) in [5.41, 5.74) is 1.84. The van der Waals surface area contributed by atoms with Gasteiger partial charge in [0.2, 0.25) is 0 Å². The molecule has 20 heavy (non-hydrogen) atoms. The minimum Gasteiger partial charge on any atom is -0.383 e. The average molecular weight is 278 g/mol. The minimum atomic E-state index is -0.00722. The molecule has 0 saturated carbocycles. The number of carbonyl (C=O) groups excluding carboxylic acids is 1. The Hall–Kier alpha value is -1.39. The molecular formula is C16H26N2O2. The number of likely N-dealkylation sites (N-methyl/N-ethyl adjacent to an activating group) is 1. The molecule has 0 aliphatic rings. The van der Waals surface area contributed by atoms with Crippen LogP contribution in [-0.4, -0.2) is 39.3 Å². The Kier molecular flexibility index (Phi) is 7.92. The molecule has 1 aromatic carbocycles. The number of rotatable bonds is 9. The molecule has 0 fully saturated rings. The lowest BCUT2D eigenvalue weighted by atomic mass is 10.0. The van der Waals surface area contributed by atoms with E-state index in [4.69, 9.17) is 4.74 Å². The molecule has 0 bridgehead atoms. The van der Waals surface area contributed by atoms with Gasteiger partial charge in [-0.25, -0.2) is 0 Å². The second kappa shape index (κ2) is 9.50. The monoisotopic (exact) mass is 278 g/mol. The lowest BCUT2D eigenvalue weighted by Gasteiger charge is -2.18. The summed E-state index contributed by atoms with van der Waals surface area (Å²) in [6.07, 6.45) is 2.80. The summed E-state index contributed by atoms with van der Waals surface area (Å²) in [5.74, 6) is -0.00722. The van der Waals surface area contributed by atoms with E-state index in [9.17, 15) is 4.79 Å². The molecule has 112 valence electrons. The lowest BCUT2D eigenvalue weighted by Crippen LogP contribution is -2.38. The number of hydrogen-bond acceptors (Lipinski definition) is 3. The van der Waals surface area contributed by atoms with Gasteiger partial charge in [-0.2, -0.15) is 0 Å². The molecule has 4 nitrogen and oxygen atoms in total. The van der Waals surface area contributed by atoms with Crippen molar-refractivity contribution in [3.8, 4) is 0 Å². The van der Waals surface area contributed by atoms with Gasteiger partial charge in [0.25, 0.3) is 5.91 Å². The van der Waals surface area contributed by atoms with Gasteiger partial charge in [0.1, 0.15) is 0 Å². The van der Waals surface area contributed by atoms with Crippen LogP contribution >= 0.6 is 0 Å². The number of carbonyl (C=O) groups is 1. The van der Waals surface area contributed by atoms with Gasteiger partial charge in [-0.3, -0.25) is 4.79 Å². The molecule has 4 heteroatoms. The Morgan fingerprint density at radius 1 is 1.35 bits per heavy atom. The van der Waals surface area contributed by atoms with Gasteiger partial charge < -0.3 is 15.4 Å². The first-order valence-electron chi connectivity index (χ1n) is 7.25. The van der Waals surface area contributed by atoms with Gasteiger partial charge >= 0.3 is 0 Å². The zero-order valence-electron chi connectivity index (χ0n) is 12.7. The fourth-order valence-electron chi connectivity index (χ4n) is 2.23. The highest BCUT2D eigenvalue weighted by Crippen LogP contribution is 2.10. The smallest absolute Gasteiger partial charge is 0.251 e. The molecule has 0 aliphatic carbocycles. The predicted octanol–water partition coefficient (Wildman–Crippen LogP) is 1.99. The van der Waals surface area contributed by atoms with E-state index in [1.165, 1.54) is 0 Å². The lowest BCUT2D eigenvalue weighted by molar-refractivity contribution is 0.0890. The van der Waals surface area contributed by atoms with Crippen LogP contribution in [0.4, 0.5) is 0 Å². The van der Waals surface area contributed by atoms with Crippen LogP contribution in [0.2, 0.25) is 0 Å². The highest BCUT2D eigenvalue weighted by molar-refractivity contribution is 5.95. The third-order valence-corrected chi connectivity index (χ3v) is 3.25. The van der Waals surface area contributed by atoms with Crippen LogP contribution in [-0.2, 0) is 11.2 Å². The molecule has 0 aromatic heterocycles. The van der Waals surface area contributed by atoms with E-state index in [-0.39, 0.29) is 11.9 Å². The largest absolute Gasteiger partial charge is 0.383 e. The molecule has 1 amide bonds. The van der Waals surface area contributed by atoms with E-state index < -0.39 is 0 Å². The fraction of sp³-hybridized carbons (Fsp3) is 0.562. The normalized spacial score (nSPS) is 12.2. The maximum absolute atomic E-state index is 12.4. The molecule has 1 atom stereocenters. The standard InChI is InChI=1S/C16H26N2O2/c1-4-7-14(12-20-3)18-16(19)15-9-6-5-8-13(15)10-11-17-2/h5-6,8-9,14,17H,4,7,10-12H2,1-3H3,(H,18,19). The first-order chi connectivity index (χ1) is 9.72. The van der Waals surface area contributed by atoms with Gasteiger partial charge in [-0.1, -0.05) is 31.5 Å². The van der Waals surface area contributed by atoms with Gasteiger partial charge in [-0.05, 0) is 38.1 Å². The predicted molar refractivity (Wildman–Crippen MR) is 82.1 cm³/mol. The Bertz CT molecular complexity index is 401. The van der Waals surface area contributed by atoms with Crippen molar-refractivity contribution in [1.82, 2.24) is 10.6 Å². The number of benzene rings is 1. The van der Waals surface area contributed by atoms with Gasteiger partial charge in [0, 0.05) is 12.7 Å². The maximum atomic E-state index is 12.4. The maximum Gasteiger partial charge on any atom is 0.251 e. The summed E-state index contributed by atoms with van der Waals surface area (Å²) in [4.78, 5) is 12.4. The zero-order valence-corrected chi connectivity index (χ0v) is 12.7. The van der Waals surface area contributed by atoms with Crippen LogP contribution in [0.5, 0.6) is 0 Å². The van der Waals surface area contributed by atoms with Crippen molar-refractivity contribution < 1.29 is 9.53 Å². The van der Waals surface area contributed by atoms with Crippen molar-refractivity contribution in [2.75, 3.05) is 27.3 Å². The van der Waals surface area contributed by atoms with E-state index in [1.54, 1.807) is 7.11 Å². The topological polar surface area (TPSA) is 50.4 Å². The number of nitrogens with one attached hydrogen (secondary N) is 2. The third-order valence-electron chi connectivity index (χ3n) is 3.25. The average Bonchev–Trinajstić information content (AvgIpc) is 2.46. The second-order valence-corrected chi connectivity index (χ2v) is 4.93. The first kappa shape index (κ1) is 16.7. The van der Waals surface area contributed by atoms with Crippen LogP contribution in [0, 0.1) is 0 Å². The summed E-state index contributed by atoms with van der Waals surface area (Å²) in [5, 5.41) is 6.18. The summed E-state index contributed by atoms with van der Waals surface area (Å²) >= 11 is 0. The van der Waals surface area contributed by atoms with Gasteiger partial charge in [-0.15, -0.1) is 0 Å². The molecule has 0 radical (unpaired) electrons. The number of amides is 1. The van der Waals surface area contributed by atoms with Gasteiger partial charge in [0.15, 0.2) is 0 Å². The van der Waals surface area contributed by atoms with E-state index in [1.807, 2.05) is 31.3 Å². The second-order valence-electron chi connectivity index (χ2n) is 4.93. The fourth-order valence-corrected chi connectivity index (χ4v) is 2.23. The van der Waals surface area contributed by atoms with Crippen molar-refractivity contribution in [3.05, 3.63) is 35.4 Å². The number of ether oxygens (including phenoxy) is 1. The number of methoxy groups -OCH3 is 1. The van der Waals surface area contributed by atoms with E-state index in [2.05, 4.69) is 17.6 Å². The molecule has 0 aliphatic heterocycles. The van der Waals surface area contributed by atoms with Crippen molar-refractivity contribution in [3.63, 3.8) is 0 Å². The van der Waals surface area contributed by atoms with E-state index in [0.29, 0.717) is 6.61 Å². The summed E-state index contributed by atoms with van der Waals surface area (Å²) in [6, 6.07) is 7.85. The quantitative estimate of drug-likeness (QED) is 0.726. The molecule has 1 unspecified atom stereocenters. The molecule has 0 saturated heterocycles. The third kappa shape index (κ3) is 5.31. The SMILES string of the molecule is CCCC(COC)NC(=O)c1ccccc1CCNC. The van der Waals surface area contributed by atoms with Crippen LogP contribution in [0.15, 0.2) is 24.3 Å². The van der Waals surface area contributed by atoms with Crippen LogP contribution in [0.1, 0.15) is 35.7 Å².